The van der Waals surface area contributed by atoms with Crippen molar-refractivity contribution in [2.24, 2.45) is 0 Å². The number of rotatable bonds is 6. The van der Waals surface area contributed by atoms with Crippen molar-refractivity contribution >= 4 is 15.9 Å². The summed E-state index contributed by atoms with van der Waals surface area (Å²) in [5.41, 5.74) is 6.78. The van der Waals surface area contributed by atoms with Gasteiger partial charge in [0.15, 0.2) is 5.82 Å². The summed E-state index contributed by atoms with van der Waals surface area (Å²) in [5.74, 6) is 0.694. The van der Waals surface area contributed by atoms with Crippen LogP contribution in [0.4, 0.5) is 0 Å². The van der Waals surface area contributed by atoms with Gasteiger partial charge >= 0.3 is 0 Å². The molecule has 1 aromatic heterocycles. The molecule has 0 unspecified atom stereocenters. The second kappa shape index (κ2) is 10.2. The van der Waals surface area contributed by atoms with Gasteiger partial charge in [-0.25, -0.2) is 4.68 Å². The van der Waals surface area contributed by atoms with E-state index in [0.717, 1.165) is 37.9 Å². The van der Waals surface area contributed by atoms with E-state index in [-0.39, 0.29) is 0 Å². The minimum absolute atomic E-state index is 0.694. The predicted octanol–water partition coefficient (Wildman–Crippen LogP) is 7.92. The zero-order valence-corrected chi connectivity index (χ0v) is 22.5. The SMILES string of the molecule is Cc1cc(Br)ccc1-c1ccccc1-c1nnnn1C(c1ccccc1)(c1ccccc1)c1ccccc1. The molecule has 0 amide bonds. The normalized spacial score (nSPS) is 11.4. The van der Waals surface area contributed by atoms with Gasteiger partial charge in [0, 0.05) is 10.0 Å². The molecule has 1 heterocycles. The Morgan fingerprint density at radius 1 is 0.579 bits per heavy atom. The highest BCUT2D eigenvalue weighted by atomic mass is 79.9. The Hall–Kier alpha value is -4.35. The van der Waals surface area contributed by atoms with Crippen molar-refractivity contribution in [3.63, 3.8) is 0 Å². The highest BCUT2D eigenvalue weighted by molar-refractivity contribution is 9.10. The third kappa shape index (κ3) is 4.05. The van der Waals surface area contributed by atoms with Gasteiger partial charge in [0.05, 0.1) is 0 Å². The maximum atomic E-state index is 4.71. The first-order valence-electron chi connectivity index (χ1n) is 12.5. The lowest BCUT2D eigenvalue weighted by atomic mass is 9.77. The molecule has 6 aromatic rings. The molecule has 0 spiro atoms. The zero-order valence-electron chi connectivity index (χ0n) is 20.9. The lowest BCUT2D eigenvalue weighted by Crippen LogP contribution is -2.39. The smallest absolute Gasteiger partial charge is 0.184 e. The lowest BCUT2D eigenvalue weighted by molar-refractivity contribution is 0.451. The largest absolute Gasteiger partial charge is 0.205 e. The summed E-state index contributed by atoms with van der Waals surface area (Å²) >= 11 is 3.60. The molecule has 0 saturated heterocycles. The Morgan fingerprint density at radius 3 is 1.61 bits per heavy atom. The van der Waals surface area contributed by atoms with Crippen molar-refractivity contribution in [2.75, 3.05) is 0 Å². The molecular formula is C33H25BrN4. The molecular weight excluding hydrogens is 532 g/mol. The Morgan fingerprint density at radius 2 is 1.08 bits per heavy atom. The fraction of sp³-hybridized carbons (Fsp3) is 0.0606. The number of nitrogens with zero attached hydrogens (tertiary/aromatic N) is 4. The first-order chi connectivity index (χ1) is 18.7. The number of aryl methyl sites for hydroxylation is 1. The van der Waals surface area contributed by atoms with Crippen LogP contribution >= 0.6 is 15.9 Å². The van der Waals surface area contributed by atoms with Gasteiger partial charge in [-0.15, -0.1) is 5.10 Å². The first-order valence-corrected chi connectivity index (χ1v) is 13.3. The molecule has 4 nitrogen and oxygen atoms in total. The van der Waals surface area contributed by atoms with Crippen LogP contribution in [0.15, 0.2) is 138 Å². The minimum atomic E-state index is -0.801. The van der Waals surface area contributed by atoms with Crippen LogP contribution in [0, 0.1) is 6.92 Å². The highest BCUT2D eigenvalue weighted by Gasteiger charge is 2.42. The Balaban J connectivity index is 1.69. The molecule has 38 heavy (non-hydrogen) atoms. The van der Waals surface area contributed by atoms with Gasteiger partial charge < -0.3 is 0 Å². The van der Waals surface area contributed by atoms with Gasteiger partial charge in [0.2, 0.25) is 0 Å². The lowest BCUT2D eigenvalue weighted by Gasteiger charge is -2.36. The minimum Gasteiger partial charge on any atom is -0.205 e. The standard InChI is InChI=1S/C33H25BrN4/c1-24-23-28(34)21-22-29(24)30-19-11-12-20-31(30)32-35-36-37-38(32)33(25-13-5-2-6-14-25,26-15-7-3-8-16-26)27-17-9-4-10-18-27/h2-23H,1H3. The molecule has 5 heteroatoms. The molecule has 0 aliphatic carbocycles. The van der Waals surface area contributed by atoms with Gasteiger partial charge in [-0.3, -0.25) is 0 Å². The predicted molar refractivity (Wildman–Crippen MR) is 156 cm³/mol. The Labute approximate surface area is 230 Å². The van der Waals surface area contributed by atoms with E-state index in [0.29, 0.717) is 5.82 Å². The van der Waals surface area contributed by atoms with Crippen LogP contribution in [-0.2, 0) is 5.54 Å². The van der Waals surface area contributed by atoms with Crippen molar-refractivity contribution in [3.8, 4) is 22.5 Å². The van der Waals surface area contributed by atoms with Crippen LogP contribution in [0.3, 0.4) is 0 Å². The fourth-order valence-corrected chi connectivity index (χ4v) is 5.80. The number of tetrazole rings is 1. The molecule has 184 valence electrons. The average molecular weight is 557 g/mol. The number of hydrogen-bond donors (Lipinski definition) is 0. The second-order valence-corrected chi connectivity index (χ2v) is 10.1. The van der Waals surface area contributed by atoms with E-state index in [1.165, 1.54) is 5.56 Å². The molecule has 0 saturated carbocycles. The van der Waals surface area contributed by atoms with Crippen molar-refractivity contribution in [3.05, 3.63) is 160 Å². The van der Waals surface area contributed by atoms with E-state index in [9.17, 15) is 0 Å². The van der Waals surface area contributed by atoms with Crippen molar-refractivity contribution < 1.29 is 0 Å². The van der Waals surface area contributed by atoms with Crippen molar-refractivity contribution in [1.29, 1.82) is 0 Å². The van der Waals surface area contributed by atoms with E-state index in [1.54, 1.807) is 0 Å². The first kappa shape index (κ1) is 24.0. The summed E-state index contributed by atoms with van der Waals surface area (Å²) in [4.78, 5) is 0. The van der Waals surface area contributed by atoms with E-state index in [4.69, 9.17) is 5.21 Å². The molecule has 0 aliphatic heterocycles. The van der Waals surface area contributed by atoms with Gasteiger partial charge in [-0.2, -0.15) is 0 Å². The van der Waals surface area contributed by atoms with Crippen LogP contribution < -0.4 is 0 Å². The summed E-state index contributed by atoms with van der Waals surface area (Å²) in [5, 5.41) is 13.6. The summed E-state index contributed by atoms with van der Waals surface area (Å²) in [7, 11) is 0. The van der Waals surface area contributed by atoms with Crippen LogP contribution in [0.5, 0.6) is 0 Å². The number of aromatic nitrogens is 4. The van der Waals surface area contributed by atoms with Crippen LogP contribution in [0.2, 0.25) is 0 Å². The summed E-state index contributed by atoms with van der Waals surface area (Å²) in [6.45, 7) is 2.13. The quantitative estimate of drug-likeness (QED) is 0.196. The van der Waals surface area contributed by atoms with E-state index in [1.807, 2.05) is 28.9 Å². The van der Waals surface area contributed by atoms with Crippen molar-refractivity contribution in [2.45, 2.75) is 12.5 Å². The molecule has 6 rings (SSSR count). The van der Waals surface area contributed by atoms with E-state index < -0.39 is 5.54 Å². The van der Waals surface area contributed by atoms with Crippen molar-refractivity contribution in [1.82, 2.24) is 20.2 Å². The summed E-state index contributed by atoms with van der Waals surface area (Å²) in [6.07, 6.45) is 0. The summed E-state index contributed by atoms with van der Waals surface area (Å²) in [6, 6.07) is 46.1. The van der Waals surface area contributed by atoms with Gasteiger partial charge in [0.25, 0.3) is 0 Å². The molecule has 0 radical (unpaired) electrons. The van der Waals surface area contributed by atoms with Crippen LogP contribution in [0.25, 0.3) is 22.5 Å². The molecule has 0 atom stereocenters. The molecule has 0 fully saturated rings. The Bertz CT molecular complexity index is 1580. The van der Waals surface area contributed by atoms with Gasteiger partial charge in [0.1, 0.15) is 5.54 Å². The van der Waals surface area contributed by atoms with Crippen LogP contribution in [0.1, 0.15) is 22.3 Å². The van der Waals surface area contributed by atoms with Gasteiger partial charge in [-0.1, -0.05) is 137 Å². The molecule has 5 aromatic carbocycles. The summed E-state index contributed by atoms with van der Waals surface area (Å²) < 4.78 is 3.04. The van der Waals surface area contributed by atoms with Gasteiger partial charge in [-0.05, 0) is 62.9 Å². The molecule has 0 N–H and O–H groups in total. The molecule has 0 aliphatic rings. The van der Waals surface area contributed by atoms with E-state index >= 15 is 0 Å². The van der Waals surface area contributed by atoms with E-state index in [2.05, 4.69) is 142 Å². The highest BCUT2D eigenvalue weighted by Crippen LogP contribution is 2.43. The third-order valence-electron chi connectivity index (χ3n) is 7.01. The topological polar surface area (TPSA) is 43.6 Å². The Kier molecular flexibility index (Phi) is 6.44. The number of hydrogen-bond acceptors (Lipinski definition) is 3. The van der Waals surface area contributed by atoms with Crippen LogP contribution in [-0.4, -0.2) is 20.2 Å². The number of benzene rings is 5. The zero-order chi connectivity index (χ0) is 26.0. The monoisotopic (exact) mass is 556 g/mol. The second-order valence-electron chi connectivity index (χ2n) is 9.23. The molecule has 0 bridgehead atoms. The number of halogens is 1. The maximum Gasteiger partial charge on any atom is 0.184 e. The average Bonchev–Trinajstić information content (AvgIpc) is 3.45. The third-order valence-corrected chi connectivity index (χ3v) is 7.50. The fourth-order valence-electron chi connectivity index (χ4n) is 5.33. The maximum absolute atomic E-state index is 4.71.